The van der Waals surface area contributed by atoms with Crippen LogP contribution in [-0.2, 0) is 28.6 Å². The Morgan fingerprint density at radius 2 is 0.483 bits per heavy atom. The van der Waals surface area contributed by atoms with Crippen molar-refractivity contribution in [2.75, 3.05) is 13.2 Å². The summed E-state index contributed by atoms with van der Waals surface area (Å²) in [6.07, 6.45) is 45.2. The minimum Gasteiger partial charge on any atom is -0.462 e. The van der Waals surface area contributed by atoms with Gasteiger partial charge >= 0.3 is 17.9 Å². The lowest BCUT2D eigenvalue weighted by molar-refractivity contribution is -0.167. The van der Waals surface area contributed by atoms with Crippen molar-refractivity contribution in [2.24, 2.45) is 17.8 Å². The maximum absolute atomic E-state index is 12.8. The van der Waals surface area contributed by atoms with Gasteiger partial charge in [-0.1, -0.05) is 253 Å². The Hall–Kier alpha value is -1.59. The predicted octanol–water partition coefficient (Wildman–Crippen LogP) is 17.2. The van der Waals surface area contributed by atoms with E-state index < -0.39 is 6.10 Å². The molecule has 0 aliphatic carbocycles. The first-order valence-corrected chi connectivity index (χ1v) is 26.6. The van der Waals surface area contributed by atoms with Crippen LogP contribution in [-0.4, -0.2) is 37.2 Å². The van der Waals surface area contributed by atoms with E-state index in [0.29, 0.717) is 19.3 Å². The highest BCUT2D eigenvalue weighted by molar-refractivity contribution is 5.71. The van der Waals surface area contributed by atoms with Gasteiger partial charge in [-0.25, -0.2) is 0 Å². The maximum Gasteiger partial charge on any atom is 0.306 e. The van der Waals surface area contributed by atoms with Gasteiger partial charge in [0.2, 0.25) is 0 Å². The van der Waals surface area contributed by atoms with Crippen molar-refractivity contribution in [3.63, 3.8) is 0 Å². The minimum atomic E-state index is -0.763. The van der Waals surface area contributed by atoms with Crippen molar-refractivity contribution in [3.8, 4) is 0 Å². The lowest BCUT2D eigenvalue weighted by Crippen LogP contribution is -2.30. The average molecular weight is 849 g/mol. The van der Waals surface area contributed by atoms with E-state index in [0.717, 1.165) is 75.5 Å². The van der Waals surface area contributed by atoms with Gasteiger partial charge in [0.1, 0.15) is 13.2 Å². The van der Waals surface area contributed by atoms with E-state index in [-0.39, 0.29) is 31.1 Å². The maximum atomic E-state index is 12.8. The second-order valence-corrected chi connectivity index (χ2v) is 19.9. The van der Waals surface area contributed by atoms with Crippen molar-refractivity contribution in [3.05, 3.63) is 0 Å². The van der Waals surface area contributed by atoms with Gasteiger partial charge < -0.3 is 14.2 Å². The van der Waals surface area contributed by atoms with Crippen LogP contribution in [0, 0.1) is 17.8 Å². The van der Waals surface area contributed by atoms with E-state index in [1.54, 1.807) is 0 Å². The molecule has 6 heteroatoms. The molecule has 0 aromatic carbocycles. The average Bonchev–Trinajstić information content (AvgIpc) is 3.20. The summed E-state index contributed by atoms with van der Waals surface area (Å²) in [5.74, 6) is 1.62. The third-order valence-corrected chi connectivity index (χ3v) is 12.1. The fraction of sp³-hybridized carbons (Fsp3) is 0.944. The number of ether oxygens (including phenoxy) is 3. The Balaban J connectivity index is 4.30. The van der Waals surface area contributed by atoms with E-state index in [1.165, 1.54) is 173 Å². The lowest BCUT2D eigenvalue weighted by Gasteiger charge is -2.18. The first-order chi connectivity index (χ1) is 29.1. The highest BCUT2D eigenvalue weighted by atomic mass is 16.6. The van der Waals surface area contributed by atoms with Gasteiger partial charge in [0, 0.05) is 19.3 Å². The number of carbonyl (C=O) groups is 3. The molecule has 0 aliphatic heterocycles. The number of rotatable bonds is 47. The molecule has 0 aliphatic rings. The van der Waals surface area contributed by atoms with Crippen LogP contribution in [0.25, 0.3) is 0 Å². The summed E-state index contributed by atoms with van der Waals surface area (Å²) in [7, 11) is 0. The summed E-state index contributed by atoms with van der Waals surface area (Å²) in [4.78, 5) is 38.0. The quantitative estimate of drug-likeness (QED) is 0.0345. The zero-order valence-corrected chi connectivity index (χ0v) is 41.3. The van der Waals surface area contributed by atoms with Gasteiger partial charge in [0.05, 0.1) is 0 Å². The van der Waals surface area contributed by atoms with Crippen molar-refractivity contribution < 1.29 is 28.6 Å². The van der Waals surface area contributed by atoms with Crippen molar-refractivity contribution in [1.29, 1.82) is 0 Å². The van der Waals surface area contributed by atoms with Crippen molar-refractivity contribution in [1.82, 2.24) is 0 Å². The second kappa shape index (κ2) is 45.4. The number of unbranched alkanes of at least 4 members (excludes halogenated alkanes) is 30. The van der Waals surface area contributed by atoms with Crippen LogP contribution in [0.5, 0.6) is 0 Å². The Bertz CT molecular complexity index is 929. The number of carbonyl (C=O) groups excluding carboxylic acids is 3. The van der Waals surface area contributed by atoms with Crippen LogP contribution in [0.15, 0.2) is 0 Å². The minimum absolute atomic E-state index is 0.0646. The van der Waals surface area contributed by atoms with Crippen LogP contribution in [0.3, 0.4) is 0 Å². The second-order valence-electron chi connectivity index (χ2n) is 19.9. The Labute approximate surface area is 374 Å². The highest BCUT2D eigenvalue weighted by Crippen LogP contribution is 2.18. The first kappa shape index (κ1) is 58.4. The van der Waals surface area contributed by atoms with Crippen LogP contribution in [0.1, 0.15) is 292 Å². The van der Waals surface area contributed by atoms with Gasteiger partial charge in [0.25, 0.3) is 0 Å². The molecule has 0 saturated heterocycles. The Kier molecular flexibility index (Phi) is 44.2. The summed E-state index contributed by atoms with van der Waals surface area (Å²) < 4.78 is 16.8. The molecule has 0 aromatic rings. The molecule has 0 spiro atoms. The van der Waals surface area contributed by atoms with Crippen molar-refractivity contribution in [2.45, 2.75) is 298 Å². The van der Waals surface area contributed by atoms with E-state index in [4.69, 9.17) is 14.2 Å². The predicted molar refractivity (Wildman–Crippen MR) is 256 cm³/mol. The van der Waals surface area contributed by atoms with E-state index in [9.17, 15) is 14.4 Å². The topological polar surface area (TPSA) is 78.9 Å². The van der Waals surface area contributed by atoms with Crippen molar-refractivity contribution >= 4 is 17.9 Å². The van der Waals surface area contributed by atoms with Gasteiger partial charge in [-0.05, 0) is 37.0 Å². The lowest BCUT2D eigenvalue weighted by atomic mass is 10.0. The molecule has 0 rings (SSSR count). The van der Waals surface area contributed by atoms with Crippen LogP contribution in [0.2, 0.25) is 0 Å². The molecule has 356 valence electrons. The summed E-state index contributed by atoms with van der Waals surface area (Å²) in [6.45, 7) is 13.7. The van der Waals surface area contributed by atoms with Gasteiger partial charge in [-0.2, -0.15) is 0 Å². The number of hydrogen-bond donors (Lipinski definition) is 0. The highest BCUT2D eigenvalue weighted by Gasteiger charge is 2.19. The number of hydrogen-bond acceptors (Lipinski definition) is 6. The van der Waals surface area contributed by atoms with Gasteiger partial charge in [0.15, 0.2) is 6.10 Å². The smallest absolute Gasteiger partial charge is 0.306 e. The molecule has 0 amide bonds. The zero-order valence-electron chi connectivity index (χ0n) is 41.3. The fourth-order valence-corrected chi connectivity index (χ4v) is 8.12. The zero-order chi connectivity index (χ0) is 44.2. The first-order valence-electron chi connectivity index (χ1n) is 26.6. The fourth-order valence-electron chi connectivity index (χ4n) is 8.12. The Morgan fingerprint density at radius 1 is 0.283 bits per heavy atom. The summed E-state index contributed by atoms with van der Waals surface area (Å²) in [5, 5.41) is 0. The molecule has 0 N–H and O–H groups in total. The monoisotopic (exact) mass is 849 g/mol. The molecular weight excluding hydrogens is 745 g/mol. The van der Waals surface area contributed by atoms with Crippen LogP contribution >= 0.6 is 0 Å². The van der Waals surface area contributed by atoms with Gasteiger partial charge in [-0.3, -0.25) is 14.4 Å². The van der Waals surface area contributed by atoms with Gasteiger partial charge in [-0.15, -0.1) is 0 Å². The normalized spacial score (nSPS) is 12.2. The molecule has 0 unspecified atom stereocenters. The molecule has 60 heavy (non-hydrogen) atoms. The number of esters is 3. The Morgan fingerprint density at radius 3 is 0.717 bits per heavy atom. The summed E-state index contributed by atoms with van der Waals surface area (Å²) >= 11 is 0. The molecular formula is C54H104O6. The standard InChI is InChI=1S/C54H104O6/c1-48(2)40-34-28-22-16-11-9-7-8-10-12-19-25-31-37-43-52(55)58-46-51(47-59-53(56)44-38-32-26-21-15-18-24-30-36-42-50(5)6)60-54(57)45-39-33-27-20-14-13-17-23-29-35-41-49(3)4/h48-51H,7-47H2,1-6H3/t51-/m0/s1. The molecule has 6 nitrogen and oxygen atoms in total. The van der Waals surface area contributed by atoms with Crippen LogP contribution in [0.4, 0.5) is 0 Å². The molecule has 0 radical (unpaired) electrons. The summed E-state index contributed by atoms with van der Waals surface area (Å²) in [6, 6.07) is 0. The third-order valence-electron chi connectivity index (χ3n) is 12.1. The molecule has 0 bridgehead atoms. The molecule has 0 heterocycles. The molecule has 1 atom stereocenters. The van der Waals surface area contributed by atoms with Crippen LogP contribution < -0.4 is 0 Å². The summed E-state index contributed by atoms with van der Waals surface area (Å²) in [5.41, 5.74) is 0. The van der Waals surface area contributed by atoms with E-state index >= 15 is 0 Å². The molecule has 0 saturated carbocycles. The molecule has 0 fully saturated rings. The van der Waals surface area contributed by atoms with E-state index in [2.05, 4.69) is 41.5 Å². The SMILES string of the molecule is CC(C)CCCCCCCCCCCCCCCCC(=O)OC[C@@H](COC(=O)CCCCCCCCCCCC(C)C)OC(=O)CCCCCCCCCCCCC(C)C. The van der Waals surface area contributed by atoms with E-state index in [1.807, 2.05) is 0 Å². The largest absolute Gasteiger partial charge is 0.462 e. The third kappa shape index (κ3) is 47.5. The molecule has 0 aromatic heterocycles.